The van der Waals surface area contributed by atoms with Gasteiger partial charge in [0.15, 0.2) is 0 Å². The molecular weight excluding hydrogens is 602 g/mol. The number of para-hydroxylation sites is 1. The van der Waals surface area contributed by atoms with E-state index in [2.05, 4.69) is 16.0 Å². The molecule has 0 heterocycles. The van der Waals surface area contributed by atoms with Crippen molar-refractivity contribution in [1.29, 1.82) is 0 Å². The van der Waals surface area contributed by atoms with E-state index in [0.29, 0.717) is 22.6 Å². The molecule has 9 nitrogen and oxygen atoms in total. The van der Waals surface area contributed by atoms with Crippen molar-refractivity contribution in [1.82, 2.24) is 5.32 Å². The number of carboxylic acids is 1. The summed E-state index contributed by atoms with van der Waals surface area (Å²) in [6.07, 6.45) is 1.54. The Labute approximate surface area is 263 Å². The number of carbonyl (C=O) groups excluding carboxylic acids is 3. The van der Waals surface area contributed by atoms with Crippen LogP contribution >= 0.6 is 23.4 Å². The van der Waals surface area contributed by atoms with Gasteiger partial charge in [-0.1, -0.05) is 48.0 Å². The minimum atomic E-state index is -1.13. The monoisotopic (exact) mass is 629 g/mol. The lowest BCUT2D eigenvalue weighted by Crippen LogP contribution is -2.30. The highest BCUT2D eigenvalue weighted by molar-refractivity contribution is 8.00. The second-order valence-corrected chi connectivity index (χ2v) is 11.2. The number of ether oxygens (including phenoxy) is 1. The summed E-state index contributed by atoms with van der Waals surface area (Å²) in [5.41, 5.74) is 1.68. The minimum Gasteiger partial charge on any atom is -0.496 e. The number of aromatic carboxylic acids is 1. The number of carboxylic acid groups (broad SMARTS) is 1. The SMILES string of the molecule is COc1ccccc1/C=C(\NC(=O)c1ccccc1)C(=O)Nc1ccc(SC(C)C(=O)Nc2cc(C(=O)O)ccc2Cl)cc1. The lowest BCUT2D eigenvalue weighted by Gasteiger charge is -2.14. The number of nitrogens with one attached hydrogen (secondary N) is 3. The topological polar surface area (TPSA) is 134 Å². The van der Waals surface area contributed by atoms with Crippen LogP contribution in [0.1, 0.15) is 33.2 Å². The first-order valence-corrected chi connectivity index (χ1v) is 14.5. The highest BCUT2D eigenvalue weighted by Crippen LogP contribution is 2.28. The quantitative estimate of drug-likeness (QED) is 0.109. The van der Waals surface area contributed by atoms with Crippen molar-refractivity contribution in [2.75, 3.05) is 17.7 Å². The molecule has 4 aromatic rings. The molecule has 0 aliphatic carbocycles. The summed E-state index contributed by atoms with van der Waals surface area (Å²) < 4.78 is 5.40. The Balaban J connectivity index is 1.45. The van der Waals surface area contributed by atoms with Gasteiger partial charge in [-0.15, -0.1) is 11.8 Å². The number of hydrogen-bond donors (Lipinski definition) is 4. The van der Waals surface area contributed by atoms with Crippen LogP contribution in [0.5, 0.6) is 5.75 Å². The molecule has 0 aliphatic rings. The number of carbonyl (C=O) groups is 4. The molecule has 0 fully saturated rings. The van der Waals surface area contributed by atoms with E-state index in [1.807, 2.05) is 0 Å². The van der Waals surface area contributed by atoms with E-state index >= 15 is 0 Å². The number of hydrogen-bond acceptors (Lipinski definition) is 6. The van der Waals surface area contributed by atoms with Gasteiger partial charge in [-0.3, -0.25) is 14.4 Å². The molecular formula is C33H28ClN3O6S. The van der Waals surface area contributed by atoms with Crippen molar-refractivity contribution >= 4 is 64.5 Å². The van der Waals surface area contributed by atoms with Crippen LogP contribution in [0.3, 0.4) is 0 Å². The molecule has 224 valence electrons. The number of thioether (sulfide) groups is 1. The molecule has 4 N–H and O–H groups in total. The van der Waals surface area contributed by atoms with E-state index in [1.54, 1.807) is 85.8 Å². The minimum absolute atomic E-state index is 0.00295. The molecule has 0 bridgehead atoms. The standard InChI is InChI=1S/C33H28ClN3O6S/c1-20(30(38)36-27-19-23(33(41)42)12-17-26(27)34)44-25-15-13-24(14-16-25)35-32(40)28(18-22-10-6-7-11-29(22)43-2)37-31(39)21-8-4-3-5-9-21/h3-20H,1-2H3,(H,35,40)(H,36,38)(H,37,39)(H,41,42)/b28-18-. The molecule has 1 atom stereocenters. The third-order valence-corrected chi connectivity index (χ3v) is 7.67. The number of rotatable bonds is 11. The fraction of sp³-hybridized carbons (Fsp3) is 0.0909. The first-order chi connectivity index (χ1) is 21.1. The fourth-order valence-corrected chi connectivity index (χ4v) is 4.98. The average molecular weight is 630 g/mol. The molecule has 0 spiro atoms. The Morgan fingerprint density at radius 3 is 2.23 bits per heavy atom. The predicted molar refractivity (Wildman–Crippen MR) is 172 cm³/mol. The van der Waals surface area contributed by atoms with Crippen LogP contribution < -0.4 is 20.7 Å². The van der Waals surface area contributed by atoms with E-state index in [-0.39, 0.29) is 27.9 Å². The van der Waals surface area contributed by atoms with E-state index in [9.17, 15) is 24.3 Å². The third-order valence-electron chi connectivity index (χ3n) is 6.23. The Kier molecular flexibility index (Phi) is 10.8. The van der Waals surface area contributed by atoms with Crippen molar-refractivity contribution in [3.05, 3.63) is 124 Å². The second-order valence-electron chi connectivity index (χ2n) is 9.35. The van der Waals surface area contributed by atoms with Crippen LogP contribution in [-0.4, -0.2) is 41.2 Å². The Morgan fingerprint density at radius 1 is 0.864 bits per heavy atom. The van der Waals surface area contributed by atoms with Gasteiger partial charge >= 0.3 is 5.97 Å². The van der Waals surface area contributed by atoms with Gasteiger partial charge in [-0.25, -0.2) is 4.79 Å². The predicted octanol–water partition coefficient (Wildman–Crippen LogP) is 6.58. The summed E-state index contributed by atoms with van der Waals surface area (Å²) in [6, 6.07) is 26.6. The summed E-state index contributed by atoms with van der Waals surface area (Å²) in [6.45, 7) is 1.70. The van der Waals surface area contributed by atoms with E-state index in [1.165, 1.54) is 43.1 Å². The lowest BCUT2D eigenvalue weighted by atomic mass is 10.1. The molecule has 3 amide bonds. The van der Waals surface area contributed by atoms with Gasteiger partial charge in [0.1, 0.15) is 11.4 Å². The van der Waals surface area contributed by atoms with Crippen LogP contribution in [0.25, 0.3) is 6.08 Å². The molecule has 4 rings (SSSR count). The zero-order chi connectivity index (χ0) is 31.6. The summed E-state index contributed by atoms with van der Waals surface area (Å²) in [4.78, 5) is 51.1. The molecule has 1 unspecified atom stereocenters. The fourth-order valence-electron chi connectivity index (χ4n) is 3.94. The Bertz CT molecular complexity index is 1710. The van der Waals surface area contributed by atoms with Gasteiger partial charge in [0.25, 0.3) is 11.8 Å². The molecule has 0 aliphatic heterocycles. The third kappa shape index (κ3) is 8.50. The normalized spacial score (nSPS) is 11.7. The average Bonchev–Trinajstić information content (AvgIpc) is 3.03. The molecule has 44 heavy (non-hydrogen) atoms. The highest BCUT2D eigenvalue weighted by Gasteiger charge is 2.19. The Morgan fingerprint density at radius 2 is 1.55 bits per heavy atom. The number of methoxy groups -OCH3 is 1. The molecule has 0 aromatic heterocycles. The highest BCUT2D eigenvalue weighted by atomic mass is 35.5. The van der Waals surface area contributed by atoms with Crippen molar-refractivity contribution < 1.29 is 29.0 Å². The van der Waals surface area contributed by atoms with Gasteiger partial charge in [-0.05, 0) is 73.7 Å². The van der Waals surface area contributed by atoms with Crippen LogP contribution in [0.4, 0.5) is 11.4 Å². The van der Waals surface area contributed by atoms with Crippen molar-refractivity contribution in [2.24, 2.45) is 0 Å². The largest absolute Gasteiger partial charge is 0.496 e. The molecule has 11 heteroatoms. The van der Waals surface area contributed by atoms with Crippen LogP contribution in [0.15, 0.2) is 108 Å². The van der Waals surface area contributed by atoms with E-state index in [4.69, 9.17) is 16.3 Å². The maximum absolute atomic E-state index is 13.4. The second kappa shape index (κ2) is 14.9. The number of amides is 3. The molecule has 0 saturated heterocycles. The maximum Gasteiger partial charge on any atom is 0.335 e. The molecule has 0 radical (unpaired) electrons. The maximum atomic E-state index is 13.4. The van der Waals surface area contributed by atoms with Crippen LogP contribution in [0.2, 0.25) is 5.02 Å². The van der Waals surface area contributed by atoms with Crippen molar-refractivity contribution in [2.45, 2.75) is 17.1 Å². The zero-order valence-corrected chi connectivity index (χ0v) is 25.2. The lowest BCUT2D eigenvalue weighted by molar-refractivity contribution is -0.115. The first kappa shape index (κ1) is 31.9. The van der Waals surface area contributed by atoms with Crippen molar-refractivity contribution in [3.8, 4) is 5.75 Å². The van der Waals surface area contributed by atoms with E-state index in [0.717, 1.165) is 4.90 Å². The zero-order valence-electron chi connectivity index (χ0n) is 23.7. The van der Waals surface area contributed by atoms with Crippen LogP contribution in [0, 0.1) is 0 Å². The summed E-state index contributed by atoms with van der Waals surface area (Å²) in [5, 5.41) is 17.0. The summed E-state index contributed by atoms with van der Waals surface area (Å²) in [5.74, 6) is -1.96. The molecule has 0 saturated carbocycles. The summed E-state index contributed by atoms with van der Waals surface area (Å²) in [7, 11) is 1.52. The number of halogens is 1. The summed E-state index contributed by atoms with van der Waals surface area (Å²) >= 11 is 7.39. The first-order valence-electron chi connectivity index (χ1n) is 13.3. The van der Waals surface area contributed by atoms with Crippen molar-refractivity contribution in [3.63, 3.8) is 0 Å². The van der Waals surface area contributed by atoms with Gasteiger partial charge in [0.2, 0.25) is 5.91 Å². The van der Waals surface area contributed by atoms with Gasteiger partial charge < -0.3 is 25.8 Å². The molecule has 4 aromatic carbocycles. The van der Waals surface area contributed by atoms with E-state index < -0.39 is 23.0 Å². The van der Waals surface area contributed by atoms with Crippen LogP contribution in [-0.2, 0) is 9.59 Å². The number of benzene rings is 4. The van der Waals surface area contributed by atoms with Gasteiger partial charge in [0, 0.05) is 21.7 Å². The number of anilines is 2. The van der Waals surface area contributed by atoms with Gasteiger partial charge in [-0.2, -0.15) is 0 Å². The smallest absolute Gasteiger partial charge is 0.335 e. The van der Waals surface area contributed by atoms with Gasteiger partial charge in [0.05, 0.1) is 28.6 Å². The Hall–Kier alpha value is -5.06.